The Bertz CT molecular complexity index is 1130. The minimum atomic E-state index is -0.822. The summed E-state index contributed by atoms with van der Waals surface area (Å²) < 4.78 is 12.1. The number of carbonyl (C=O) groups excluding carboxylic acids is 3. The molecule has 0 radical (unpaired) electrons. The van der Waals surface area contributed by atoms with Crippen LogP contribution in [-0.2, 0) is 20.8 Å². The van der Waals surface area contributed by atoms with Crippen molar-refractivity contribution in [2.45, 2.75) is 59.3 Å². The molecule has 0 spiro atoms. The number of esters is 1. The van der Waals surface area contributed by atoms with Crippen molar-refractivity contribution in [3.63, 3.8) is 0 Å². The predicted octanol–water partition coefficient (Wildman–Crippen LogP) is 3.58. The van der Waals surface area contributed by atoms with E-state index in [2.05, 4.69) is 32.1 Å². The van der Waals surface area contributed by atoms with Gasteiger partial charge in [-0.25, -0.2) is 10.2 Å². The Kier molecular flexibility index (Phi) is 9.08. The molecule has 11 heteroatoms. The Morgan fingerprint density at radius 1 is 0.971 bits per heavy atom. The lowest BCUT2D eigenvalue weighted by molar-refractivity contribution is -0.153. The maximum Gasteiger partial charge on any atom is 0.426 e. The maximum atomic E-state index is 13.0. The quantitative estimate of drug-likeness (QED) is 0.355. The number of amides is 2. The van der Waals surface area contributed by atoms with Gasteiger partial charge in [-0.1, -0.05) is 30.3 Å². The van der Waals surface area contributed by atoms with Crippen LogP contribution in [0, 0.1) is 0 Å². The summed E-state index contributed by atoms with van der Waals surface area (Å²) in [6, 6.07) is 9.32. The molecule has 0 bridgehead atoms. The lowest BCUT2D eigenvalue weighted by Gasteiger charge is -2.23. The number of pyridine rings is 1. The fourth-order valence-corrected chi connectivity index (χ4v) is 3.36. The molecule has 2 amide bonds. The van der Waals surface area contributed by atoms with Gasteiger partial charge in [0.05, 0.1) is 4.47 Å². The zero-order valence-corrected chi connectivity index (χ0v) is 22.2. The molecule has 0 aliphatic carbocycles. The summed E-state index contributed by atoms with van der Waals surface area (Å²) in [6.07, 6.45) is 0.693. The molecule has 1 aromatic heterocycles. The van der Waals surface area contributed by atoms with Crippen LogP contribution in [-0.4, -0.2) is 40.3 Å². The van der Waals surface area contributed by atoms with Crippen LogP contribution in [0.1, 0.15) is 57.5 Å². The number of halogens is 1. The number of hydrogen-bond donors (Lipinski definition) is 3. The van der Waals surface area contributed by atoms with Gasteiger partial charge >= 0.3 is 12.1 Å². The second-order valence-corrected chi connectivity index (χ2v) is 10.5. The highest BCUT2D eigenvalue weighted by molar-refractivity contribution is 9.10. The average molecular weight is 551 g/mol. The van der Waals surface area contributed by atoms with Gasteiger partial charge in [-0.05, 0) is 63.0 Å². The summed E-state index contributed by atoms with van der Waals surface area (Å²) >= 11 is 3.21. The van der Waals surface area contributed by atoms with Gasteiger partial charge in [-0.2, -0.15) is 0 Å². The fraction of sp³-hybridized carbons (Fsp3) is 0.417. The second-order valence-electron chi connectivity index (χ2n) is 9.66. The van der Waals surface area contributed by atoms with Crippen molar-refractivity contribution in [3.05, 3.63) is 62.4 Å². The summed E-state index contributed by atoms with van der Waals surface area (Å²) in [5.41, 5.74) is 3.44. The molecule has 0 aliphatic rings. The third kappa shape index (κ3) is 9.08. The normalized spacial score (nSPS) is 11.4. The summed E-state index contributed by atoms with van der Waals surface area (Å²) in [6.45, 7) is 10.0. The van der Waals surface area contributed by atoms with Crippen molar-refractivity contribution < 1.29 is 23.9 Å². The van der Waals surface area contributed by atoms with E-state index in [-0.39, 0.29) is 22.4 Å². The average Bonchev–Trinajstić information content (AvgIpc) is 2.71. The third-order valence-electron chi connectivity index (χ3n) is 4.16. The number of hydrazine groups is 1. The van der Waals surface area contributed by atoms with E-state index in [1.54, 1.807) is 46.1 Å². The number of benzene rings is 1. The fourth-order valence-electron chi connectivity index (χ4n) is 2.91. The number of ether oxygens (including phenoxy) is 2. The Hall–Kier alpha value is -3.34. The van der Waals surface area contributed by atoms with E-state index >= 15 is 0 Å². The summed E-state index contributed by atoms with van der Waals surface area (Å²) in [7, 11) is 0. The summed E-state index contributed by atoms with van der Waals surface area (Å²) in [5.74, 6) is -1.47. The van der Waals surface area contributed by atoms with Gasteiger partial charge in [0.1, 0.15) is 29.1 Å². The topological polar surface area (TPSA) is 128 Å². The third-order valence-corrected chi connectivity index (χ3v) is 4.72. The van der Waals surface area contributed by atoms with Gasteiger partial charge in [0.25, 0.3) is 5.91 Å². The van der Waals surface area contributed by atoms with Crippen molar-refractivity contribution >= 4 is 39.7 Å². The molecule has 2 aromatic rings. The Labute approximate surface area is 212 Å². The number of hydrogen-bond acceptors (Lipinski definition) is 7. The van der Waals surface area contributed by atoms with Crippen LogP contribution in [0.3, 0.4) is 0 Å². The van der Waals surface area contributed by atoms with E-state index in [1.165, 1.54) is 6.20 Å². The van der Waals surface area contributed by atoms with Gasteiger partial charge in [-0.3, -0.25) is 19.8 Å². The van der Waals surface area contributed by atoms with E-state index in [4.69, 9.17) is 9.47 Å². The first-order chi connectivity index (χ1) is 16.2. The Morgan fingerprint density at radius 2 is 1.57 bits per heavy atom. The maximum absolute atomic E-state index is 13.0. The van der Waals surface area contributed by atoms with Gasteiger partial charge in [0.15, 0.2) is 0 Å². The SMILES string of the molecule is CC(C)(C)OC(=O)CNC(=O)c1c(NNC(=O)OC(C)(C)C)n(Cc2ccccc2)cc(Br)c1=O. The molecule has 0 atom stereocenters. The molecule has 0 saturated carbocycles. The van der Waals surface area contributed by atoms with E-state index in [0.29, 0.717) is 0 Å². The summed E-state index contributed by atoms with van der Waals surface area (Å²) in [4.78, 5) is 50.3. The highest BCUT2D eigenvalue weighted by atomic mass is 79.9. The number of anilines is 1. The lowest BCUT2D eigenvalue weighted by atomic mass is 10.2. The van der Waals surface area contributed by atoms with Crippen LogP contribution in [0.15, 0.2) is 45.8 Å². The van der Waals surface area contributed by atoms with Gasteiger partial charge in [0.2, 0.25) is 5.43 Å². The molecule has 0 saturated heterocycles. The van der Waals surface area contributed by atoms with Gasteiger partial charge < -0.3 is 19.4 Å². The van der Waals surface area contributed by atoms with E-state index in [0.717, 1.165) is 5.56 Å². The van der Waals surface area contributed by atoms with E-state index in [9.17, 15) is 19.2 Å². The molecule has 0 fully saturated rings. The number of aromatic nitrogens is 1. The van der Waals surface area contributed by atoms with Crippen LogP contribution in [0.5, 0.6) is 0 Å². The van der Waals surface area contributed by atoms with Crippen molar-refractivity contribution in [2.24, 2.45) is 0 Å². The summed E-state index contributed by atoms with van der Waals surface area (Å²) in [5, 5.41) is 2.42. The zero-order valence-electron chi connectivity index (χ0n) is 20.7. The van der Waals surface area contributed by atoms with Crippen molar-refractivity contribution in [3.8, 4) is 0 Å². The minimum absolute atomic E-state index is 0.00889. The number of carbonyl (C=O) groups is 3. The van der Waals surface area contributed by atoms with Gasteiger partial charge in [-0.15, -0.1) is 0 Å². The second kappa shape index (κ2) is 11.4. The van der Waals surface area contributed by atoms with Crippen LogP contribution in [0.4, 0.5) is 10.6 Å². The van der Waals surface area contributed by atoms with E-state index < -0.39 is 41.1 Å². The molecule has 1 heterocycles. The molecule has 1 aromatic carbocycles. The van der Waals surface area contributed by atoms with Crippen molar-refractivity contribution in [1.29, 1.82) is 0 Å². The Balaban J connectivity index is 2.41. The smallest absolute Gasteiger partial charge is 0.426 e. The molecule has 35 heavy (non-hydrogen) atoms. The number of nitrogens with one attached hydrogen (secondary N) is 3. The standard InChI is InChI=1S/C24H31BrN4O6/c1-23(2,3)34-17(30)12-26-21(32)18-19(31)16(25)14-29(13-15-10-8-7-9-11-15)20(18)27-28-22(33)35-24(4,5)6/h7-11,14,27H,12-13H2,1-6H3,(H,26,32)(H,28,33). The predicted molar refractivity (Wildman–Crippen MR) is 135 cm³/mol. The van der Waals surface area contributed by atoms with Crippen LogP contribution in [0.2, 0.25) is 0 Å². The van der Waals surface area contributed by atoms with E-state index in [1.807, 2.05) is 30.3 Å². The Morgan fingerprint density at radius 3 is 2.14 bits per heavy atom. The highest BCUT2D eigenvalue weighted by Gasteiger charge is 2.24. The van der Waals surface area contributed by atoms with Crippen LogP contribution in [0.25, 0.3) is 0 Å². The molecule has 190 valence electrons. The first-order valence-corrected chi connectivity index (χ1v) is 11.7. The first kappa shape index (κ1) is 27.9. The monoisotopic (exact) mass is 550 g/mol. The molecule has 10 nitrogen and oxygen atoms in total. The molecule has 0 unspecified atom stereocenters. The molecule has 2 rings (SSSR count). The highest BCUT2D eigenvalue weighted by Crippen LogP contribution is 2.19. The zero-order chi connectivity index (χ0) is 26.4. The minimum Gasteiger partial charge on any atom is -0.459 e. The molecule has 3 N–H and O–H groups in total. The first-order valence-electron chi connectivity index (χ1n) is 10.9. The molecular weight excluding hydrogens is 520 g/mol. The van der Waals surface area contributed by atoms with Crippen LogP contribution < -0.4 is 21.6 Å². The van der Waals surface area contributed by atoms with Crippen molar-refractivity contribution in [2.75, 3.05) is 12.0 Å². The molecular formula is C24H31BrN4O6. The lowest BCUT2D eigenvalue weighted by Crippen LogP contribution is -2.40. The number of nitrogens with zero attached hydrogens (tertiary/aromatic N) is 1. The van der Waals surface area contributed by atoms with Gasteiger partial charge in [0, 0.05) is 12.7 Å². The largest absolute Gasteiger partial charge is 0.459 e. The number of rotatable bonds is 7. The molecule has 0 aliphatic heterocycles. The van der Waals surface area contributed by atoms with Crippen LogP contribution >= 0.6 is 15.9 Å². The van der Waals surface area contributed by atoms with Crippen molar-refractivity contribution in [1.82, 2.24) is 15.3 Å².